The summed E-state index contributed by atoms with van der Waals surface area (Å²) in [6, 6.07) is 4.17. The van der Waals surface area contributed by atoms with Gasteiger partial charge in [-0.05, 0) is 24.9 Å². The molecule has 0 aliphatic carbocycles. The molecule has 1 aromatic heterocycles. The Morgan fingerprint density at radius 2 is 1.57 bits per heavy atom. The summed E-state index contributed by atoms with van der Waals surface area (Å²) in [6.07, 6.45) is 4.56. The highest BCUT2D eigenvalue weighted by Gasteiger charge is 2.30. The quantitative estimate of drug-likeness (QED) is 0.117. The standard InChI is InChI=1S/C24H35N7O6/c25-9-5-4-8-17(26)21(33)29-18(10-15-6-2-1-3-7-15)22(34)31-20(13-32)23(35)30-19(24(36)37)11-16-12-27-14-28-16/h1-3,6-7,12,14,17-20,32H,4-5,8-11,13,25-26H2,(H,27,28)(H,29,33)(H,30,35)(H,31,34)(H,36,37). The van der Waals surface area contributed by atoms with Crippen LogP contribution in [0.3, 0.4) is 0 Å². The van der Waals surface area contributed by atoms with E-state index in [4.69, 9.17) is 11.5 Å². The Morgan fingerprint density at radius 1 is 0.919 bits per heavy atom. The Kier molecular flexibility index (Phi) is 12.2. The number of H-pyrrole nitrogens is 1. The molecule has 37 heavy (non-hydrogen) atoms. The zero-order valence-corrected chi connectivity index (χ0v) is 20.4. The lowest BCUT2D eigenvalue weighted by atomic mass is 10.0. The SMILES string of the molecule is NCCCCC(N)C(=O)NC(Cc1ccccc1)C(=O)NC(CO)C(=O)NC(Cc1cnc[nH]1)C(=O)O. The highest BCUT2D eigenvalue weighted by Crippen LogP contribution is 2.06. The smallest absolute Gasteiger partial charge is 0.326 e. The van der Waals surface area contributed by atoms with E-state index in [1.165, 1.54) is 12.5 Å². The third-order valence-electron chi connectivity index (χ3n) is 5.63. The molecule has 0 radical (unpaired) electrons. The van der Waals surface area contributed by atoms with Gasteiger partial charge in [0.1, 0.15) is 18.1 Å². The number of hydrogen-bond acceptors (Lipinski definition) is 8. The van der Waals surface area contributed by atoms with E-state index in [0.717, 1.165) is 5.56 Å². The van der Waals surface area contributed by atoms with E-state index < -0.39 is 54.5 Å². The fourth-order valence-corrected chi connectivity index (χ4v) is 3.53. The van der Waals surface area contributed by atoms with Gasteiger partial charge in [-0.2, -0.15) is 0 Å². The van der Waals surface area contributed by atoms with Crippen molar-refractivity contribution in [1.29, 1.82) is 0 Å². The zero-order chi connectivity index (χ0) is 27.2. The van der Waals surface area contributed by atoms with Crippen molar-refractivity contribution >= 4 is 23.7 Å². The molecule has 13 heteroatoms. The van der Waals surface area contributed by atoms with E-state index in [-0.39, 0.29) is 12.8 Å². The molecule has 2 rings (SSSR count). The molecule has 1 heterocycles. The van der Waals surface area contributed by atoms with Crippen molar-refractivity contribution in [2.24, 2.45) is 11.5 Å². The molecule has 0 spiro atoms. The van der Waals surface area contributed by atoms with Crippen LogP contribution < -0.4 is 27.4 Å². The van der Waals surface area contributed by atoms with Gasteiger partial charge in [-0.1, -0.05) is 36.8 Å². The second kappa shape index (κ2) is 15.3. The van der Waals surface area contributed by atoms with Crippen LogP contribution in [0.5, 0.6) is 0 Å². The van der Waals surface area contributed by atoms with E-state index in [1.807, 2.05) is 0 Å². The molecular weight excluding hydrogens is 482 g/mol. The zero-order valence-electron chi connectivity index (χ0n) is 20.4. The van der Waals surface area contributed by atoms with Gasteiger partial charge in [-0.3, -0.25) is 14.4 Å². The number of amides is 3. The minimum absolute atomic E-state index is 0.0814. The van der Waals surface area contributed by atoms with Crippen LogP contribution in [-0.4, -0.2) is 81.2 Å². The van der Waals surface area contributed by atoms with Crippen LogP contribution in [0.1, 0.15) is 30.5 Å². The van der Waals surface area contributed by atoms with Crippen molar-refractivity contribution in [1.82, 2.24) is 25.9 Å². The molecule has 13 nitrogen and oxygen atoms in total. The predicted octanol–water partition coefficient (Wildman–Crippen LogP) is -1.82. The monoisotopic (exact) mass is 517 g/mol. The summed E-state index contributed by atoms with van der Waals surface area (Å²) in [5.74, 6) is -3.47. The summed E-state index contributed by atoms with van der Waals surface area (Å²) in [5.41, 5.74) is 12.7. The van der Waals surface area contributed by atoms with Crippen LogP contribution in [0.25, 0.3) is 0 Å². The molecule has 0 saturated carbocycles. The second-order valence-electron chi connectivity index (χ2n) is 8.57. The fourth-order valence-electron chi connectivity index (χ4n) is 3.53. The average molecular weight is 518 g/mol. The first-order chi connectivity index (χ1) is 17.7. The Bertz CT molecular complexity index is 1000. The largest absolute Gasteiger partial charge is 0.480 e. The number of carbonyl (C=O) groups excluding carboxylic acids is 3. The number of aromatic nitrogens is 2. The minimum atomic E-state index is -1.45. The molecule has 3 amide bonds. The molecule has 1 aromatic carbocycles. The number of aromatic amines is 1. The first kappa shape index (κ1) is 29.4. The molecule has 202 valence electrons. The third-order valence-corrected chi connectivity index (χ3v) is 5.63. The van der Waals surface area contributed by atoms with Gasteiger partial charge in [-0.15, -0.1) is 0 Å². The topological polar surface area (TPSA) is 226 Å². The Balaban J connectivity index is 2.09. The van der Waals surface area contributed by atoms with Crippen molar-refractivity contribution in [2.75, 3.05) is 13.2 Å². The number of aliphatic hydroxyl groups excluding tert-OH is 1. The number of carbonyl (C=O) groups is 4. The van der Waals surface area contributed by atoms with Gasteiger partial charge in [0.2, 0.25) is 17.7 Å². The molecule has 2 aromatic rings. The van der Waals surface area contributed by atoms with Crippen molar-refractivity contribution in [3.05, 3.63) is 54.1 Å². The lowest BCUT2D eigenvalue weighted by Gasteiger charge is -2.24. The van der Waals surface area contributed by atoms with Crippen LogP contribution >= 0.6 is 0 Å². The number of carboxylic acids is 1. The Hall–Kier alpha value is -3.81. The van der Waals surface area contributed by atoms with Crippen molar-refractivity contribution in [2.45, 2.75) is 56.3 Å². The number of rotatable bonds is 16. The molecule has 10 N–H and O–H groups in total. The van der Waals surface area contributed by atoms with E-state index >= 15 is 0 Å². The first-order valence-corrected chi connectivity index (χ1v) is 12.0. The van der Waals surface area contributed by atoms with Gasteiger partial charge >= 0.3 is 5.97 Å². The molecule has 0 saturated heterocycles. The van der Waals surface area contributed by atoms with E-state index in [9.17, 15) is 29.4 Å². The summed E-state index contributed by atoms with van der Waals surface area (Å²) >= 11 is 0. The molecule has 0 aliphatic rings. The molecule has 4 atom stereocenters. The molecular formula is C24H35N7O6. The molecule has 0 aliphatic heterocycles. The molecule has 0 bridgehead atoms. The van der Waals surface area contributed by atoms with Crippen LogP contribution in [0.2, 0.25) is 0 Å². The lowest BCUT2D eigenvalue weighted by Crippen LogP contribution is -2.58. The number of benzene rings is 1. The van der Waals surface area contributed by atoms with Crippen molar-refractivity contribution in [3.8, 4) is 0 Å². The molecule has 4 unspecified atom stereocenters. The van der Waals surface area contributed by atoms with Crippen LogP contribution in [0, 0.1) is 0 Å². The van der Waals surface area contributed by atoms with E-state index in [1.54, 1.807) is 30.3 Å². The summed E-state index contributed by atoms with van der Waals surface area (Å²) in [4.78, 5) is 56.7. The average Bonchev–Trinajstić information content (AvgIpc) is 3.40. The Labute approximate surface area is 214 Å². The molecule has 0 fully saturated rings. The van der Waals surface area contributed by atoms with E-state index in [0.29, 0.717) is 31.5 Å². The number of imidazole rings is 1. The normalized spacial score (nSPS) is 14.1. The van der Waals surface area contributed by atoms with Crippen molar-refractivity contribution in [3.63, 3.8) is 0 Å². The maximum atomic E-state index is 13.1. The fraction of sp³-hybridized carbons (Fsp3) is 0.458. The number of carboxylic acid groups (broad SMARTS) is 1. The van der Waals surface area contributed by atoms with Gasteiger partial charge in [-0.25, -0.2) is 9.78 Å². The van der Waals surface area contributed by atoms with Crippen LogP contribution in [0.15, 0.2) is 42.9 Å². The van der Waals surface area contributed by atoms with Crippen molar-refractivity contribution < 1.29 is 29.4 Å². The number of nitrogens with one attached hydrogen (secondary N) is 4. The maximum Gasteiger partial charge on any atom is 0.326 e. The first-order valence-electron chi connectivity index (χ1n) is 12.0. The number of unbranched alkanes of at least 4 members (excludes halogenated alkanes) is 1. The van der Waals surface area contributed by atoms with Gasteiger partial charge in [0.05, 0.1) is 19.0 Å². The third kappa shape index (κ3) is 9.99. The summed E-state index contributed by atoms with van der Waals surface area (Å²) < 4.78 is 0. The highest BCUT2D eigenvalue weighted by atomic mass is 16.4. The van der Waals surface area contributed by atoms with Gasteiger partial charge in [0.25, 0.3) is 0 Å². The number of nitrogens with two attached hydrogens (primary N) is 2. The summed E-state index contributed by atoms with van der Waals surface area (Å²) in [5, 5.41) is 26.6. The number of nitrogens with zero attached hydrogens (tertiary/aromatic N) is 1. The minimum Gasteiger partial charge on any atom is -0.480 e. The number of hydrogen-bond donors (Lipinski definition) is 8. The van der Waals surface area contributed by atoms with Gasteiger partial charge < -0.3 is 42.6 Å². The Morgan fingerprint density at radius 3 is 2.16 bits per heavy atom. The predicted molar refractivity (Wildman–Crippen MR) is 134 cm³/mol. The second-order valence-corrected chi connectivity index (χ2v) is 8.57. The van der Waals surface area contributed by atoms with Gasteiger partial charge in [0, 0.05) is 24.7 Å². The van der Waals surface area contributed by atoms with E-state index in [2.05, 4.69) is 25.9 Å². The van der Waals surface area contributed by atoms with Crippen LogP contribution in [0.4, 0.5) is 0 Å². The highest BCUT2D eigenvalue weighted by molar-refractivity contribution is 5.94. The number of aliphatic carboxylic acids is 1. The van der Waals surface area contributed by atoms with Crippen LogP contribution in [-0.2, 0) is 32.0 Å². The number of aliphatic hydroxyl groups is 1. The summed E-state index contributed by atoms with van der Waals surface area (Å²) in [7, 11) is 0. The maximum absolute atomic E-state index is 13.1. The lowest BCUT2D eigenvalue weighted by molar-refractivity contribution is -0.142. The van der Waals surface area contributed by atoms with Gasteiger partial charge in [0.15, 0.2) is 0 Å². The summed E-state index contributed by atoms with van der Waals surface area (Å²) in [6.45, 7) is -0.318.